The monoisotopic (exact) mass is 271 g/mol. The zero-order valence-corrected chi connectivity index (χ0v) is 12.5. The molecule has 19 heavy (non-hydrogen) atoms. The van der Waals surface area contributed by atoms with Crippen LogP contribution < -0.4 is 5.32 Å². The Kier molecular flexibility index (Phi) is 5.03. The Hall–Kier alpha value is -1.46. The molecule has 0 spiro atoms. The maximum Gasteiger partial charge on any atom is 0.410 e. The second-order valence-corrected chi connectivity index (χ2v) is 6.09. The number of hydrogen-bond donors (Lipinski definition) is 1. The first kappa shape index (κ1) is 15.6. The standard InChI is InChI=1S/C13H25N3O3/c1-13(2,3)19-12(18)16-8-6-10(7-9-16)14-11(17)15(4)5/h10H,6-9H2,1-5H3,(H,14,17). The topological polar surface area (TPSA) is 61.9 Å². The zero-order valence-electron chi connectivity index (χ0n) is 12.5. The lowest BCUT2D eigenvalue weighted by molar-refractivity contribution is 0.0201. The van der Waals surface area contributed by atoms with E-state index in [1.807, 2.05) is 20.8 Å². The SMILES string of the molecule is CN(C)C(=O)NC1CCN(C(=O)OC(C)(C)C)CC1. The van der Waals surface area contributed by atoms with E-state index < -0.39 is 5.60 Å². The first-order chi connectivity index (χ1) is 8.69. The molecule has 0 aromatic carbocycles. The van der Waals surface area contributed by atoms with Crippen molar-refractivity contribution in [3.63, 3.8) is 0 Å². The molecule has 0 aromatic heterocycles. The molecule has 6 heteroatoms. The molecule has 1 aliphatic rings. The average Bonchev–Trinajstić information content (AvgIpc) is 2.27. The molecule has 3 amide bonds. The highest BCUT2D eigenvalue weighted by atomic mass is 16.6. The van der Waals surface area contributed by atoms with Crippen molar-refractivity contribution < 1.29 is 14.3 Å². The van der Waals surface area contributed by atoms with Crippen LogP contribution in [0.1, 0.15) is 33.6 Å². The van der Waals surface area contributed by atoms with E-state index in [0.29, 0.717) is 13.1 Å². The van der Waals surface area contributed by atoms with Crippen LogP contribution in [0.25, 0.3) is 0 Å². The van der Waals surface area contributed by atoms with Gasteiger partial charge in [0.1, 0.15) is 5.60 Å². The van der Waals surface area contributed by atoms with Crippen LogP contribution >= 0.6 is 0 Å². The molecule has 1 heterocycles. The van der Waals surface area contributed by atoms with Crippen molar-refractivity contribution in [2.75, 3.05) is 27.2 Å². The maximum atomic E-state index is 11.9. The fraction of sp³-hybridized carbons (Fsp3) is 0.846. The Morgan fingerprint density at radius 1 is 1.21 bits per heavy atom. The molecule has 1 aliphatic heterocycles. The molecule has 110 valence electrons. The average molecular weight is 271 g/mol. The van der Waals surface area contributed by atoms with Crippen molar-refractivity contribution in [2.24, 2.45) is 0 Å². The van der Waals surface area contributed by atoms with E-state index >= 15 is 0 Å². The van der Waals surface area contributed by atoms with Gasteiger partial charge in [-0.3, -0.25) is 0 Å². The summed E-state index contributed by atoms with van der Waals surface area (Å²) in [7, 11) is 3.43. The Balaban J connectivity index is 2.37. The third-order valence-electron chi connectivity index (χ3n) is 2.88. The summed E-state index contributed by atoms with van der Waals surface area (Å²) in [5.41, 5.74) is -0.465. The van der Waals surface area contributed by atoms with Gasteiger partial charge in [0.25, 0.3) is 0 Å². The first-order valence-electron chi connectivity index (χ1n) is 6.65. The summed E-state index contributed by atoms with van der Waals surface area (Å²) in [5, 5.41) is 2.93. The molecule has 0 atom stereocenters. The highest BCUT2D eigenvalue weighted by Gasteiger charge is 2.27. The van der Waals surface area contributed by atoms with E-state index in [1.54, 1.807) is 19.0 Å². The first-order valence-corrected chi connectivity index (χ1v) is 6.65. The van der Waals surface area contributed by atoms with Crippen molar-refractivity contribution in [3.05, 3.63) is 0 Å². The number of carbonyl (C=O) groups is 2. The van der Waals surface area contributed by atoms with E-state index in [1.165, 1.54) is 4.90 Å². The predicted molar refractivity (Wildman–Crippen MR) is 73.0 cm³/mol. The molecule has 0 bridgehead atoms. The van der Waals surface area contributed by atoms with Gasteiger partial charge in [-0.2, -0.15) is 0 Å². The number of nitrogens with one attached hydrogen (secondary N) is 1. The van der Waals surface area contributed by atoms with Crippen molar-refractivity contribution >= 4 is 12.1 Å². The summed E-state index contributed by atoms with van der Waals surface area (Å²) in [6, 6.07) is 0.0457. The van der Waals surface area contributed by atoms with E-state index in [9.17, 15) is 9.59 Å². The minimum atomic E-state index is -0.465. The molecule has 1 rings (SSSR count). The number of nitrogens with zero attached hydrogens (tertiary/aromatic N) is 2. The number of likely N-dealkylation sites (tertiary alicyclic amines) is 1. The largest absolute Gasteiger partial charge is 0.444 e. The number of urea groups is 1. The highest BCUT2D eigenvalue weighted by Crippen LogP contribution is 2.15. The van der Waals surface area contributed by atoms with Crippen LogP contribution in [0.3, 0.4) is 0 Å². The van der Waals surface area contributed by atoms with Gasteiger partial charge in [-0.1, -0.05) is 0 Å². The Labute approximate surface area is 115 Å². The van der Waals surface area contributed by atoms with Crippen LogP contribution in [0.5, 0.6) is 0 Å². The van der Waals surface area contributed by atoms with E-state index in [-0.39, 0.29) is 18.2 Å². The molecule has 1 fully saturated rings. The van der Waals surface area contributed by atoms with E-state index in [2.05, 4.69) is 5.32 Å². The van der Waals surface area contributed by atoms with Crippen LogP contribution in [-0.2, 0) is 4.74 Å². The predicted octanol–water partition coefficient (Wildman–Crippen LogP) is 1.66. The molecular weight excluding hydrogens is 246 g/mol. The highest BCUT2D eigenvalue weighted by molar-refractivity contribution is 5.74. The number of hydrogen-bond acceptors (Lipinski definition) is 3. The summed E-state index contributed by atoms with van der Waals surface area (Å²) in [6.07, 6.45) is 1.25. The third-order valence-corrected chi connectivity index (χ3v) is 2.88. The number of piperidine rings is 1. The van der Waals surface area contributed by atoms with Crippen LogP contribution in [0.4, 0.5) is 9.59 Å². The molecule has 1 saturated heterocycles. The number of carbonyl (C=O) groups excluding carboxylic acids is 2. The van der Waals surface area contributed by atoms with Crippen molar-refractivity contribution in [1.82, 2.24) is 15.1 Å². The molecule has 1 N–H and O–H groups in total. The fourth-order valence-corrected chi connectivity index (χ4v) is 1.84. The lowest BCUT2D eigenvalue weighted by Crippen LogP contribution is -2.49. The van der Waals surface area contributed by atoms with Crippen LogP contribution in [0.2, 0.25) is 0 Å². The summed E-state index contributed by atoms with van der Waals surface area (Å²) in [6.45, 7) is 6.81. The lowest BCUT2D eigenvalue weighted by atomic mass is 10.1. The minimum Gasteiger partial charge on any atom is -0.444 e. The lowest BCUT2D eigenvalue weighted by Gasteiger charge is -2.34. The number of ether oxygens (including phenoxy) is 1. The Bertz CT molecular complexity index is 329. The van der Waals surface area contributed by atoms with Gasteiger partial charge in [0.15, 0.2) is 0 Å². The molecule has 0 radical (unpaired) electrons. The summed E-state index contributed by atoms with van der Waals surface area (Å²) < 4.78 is 5.32. The third kappa shape index (κ3) is 5.36. The van der Waals surface area contributed by atoms with Gasteiger partial charge >= 0.3 is 12.1 Å². The fourth-order valence-electron chi connectivity index (χ4n) is 1.84. The Morgan fingerprint density at radius 2 is 1.74 bits per heavy atom. The number of rotatable bonds is 1. The van der Waals surface area contributed by atoms with Crippen molar-refractivity contribution in [1.29, 1.82) is 0 Å². The van der Waals surface area contributed by atoms with Crippen molar-refractivity contribution in [3.8, 4) is 0 Å². The molecule has 0 aliphatic carbocycles. The van der Waals surface area contributed by atoms with Gasteiger partial charge in [-0.25, -0.2) is 9.59 Å². The van der Waals surface area contributed by atoms with Crippen molar-refractivity contribution in [2.45, 2.75) is 45.3 Å². The van der Waals surface area contributed by atoms with Crippen LogP contribution in [0.15, 0.2) is 0 Å². The summed E-state index contributed by atoms with van der Waals surface area (Å²) in [4.78, 5) is 26.6. The van der Waals surface area contributed by atoms with E-state index in [0.717, 1.165) is 12.8 Å². The number of amides is 3. The quantitative estimate of drug-likeness (QED) is 0.789. The molecule has 0 aromatic rings. The molecule has 6 nitrogen and oxygen atoms in total. The van der Waals surface area contributed by atoms with Crippen LogP contribution in [0, 0.1) is 0 Å². The van der Waals surface area contributed by atoms with E-state index in [4.69, 9.17) is 4.74 Å². The normalized spacial score (nSPS) is 17.0. The zero-order chi connectivity index (χ0) is 14.6. The van der Waals surface area contributed by atoms with Gasteiger partial charge in [0.05, 0.1) is 0 Å². The maximum absolute atomic E-state index is 11.9. The van der Waals surface area contributed by atoms with Gasteiger partial charge in [-0.15, -0.1) is 0 Å². The second-order valence-electron chi connectivity index (χ2n) is 6.09. The van der Waals surface area contributed by atoms with Gasteiger partial charge in [0, 0.05) is 33.2 Å². The van der Waals surface area contributed by atoms with Gasteiger partial charge in [-0.05, 0) is 33.6 Å². The summed E-state index contributed by atoms with van der Waals surface area (Å²) in [5.74, 6) is 0. The Morgan fingerprint density at radius 3 is 2.16 bits per heavy atom. The molecule has 0 unspecified atom stereocenters. The second kappa shape index (κ2) is 6.12. The van der Waals surface area contributed by atoms with Crippen LogP contribution in [-0.4, -0.2) is 60.8 Å². The summed E-state index contributed by atoms with van der Waals surface area (Å²) >= 11 is 0. The molecule has 0 saturated carbocycles. The minimum absolute atomic E-state index is 0.0873. The van der Waals surface area contributed by atoms with Gasteiger partial charge < -0.3 is 19.9 Å². The molecular formula is C13H25N3O3. The van der Waals surface area contributed by atoms with Gasteiger partial charge in [0.2, 0.25) is 0 Å². The smallest absolute Gasteiger partial charge is 0.410 e.